The first kappa shape index (κ1) is 15.8. The molecule has 128 valence electrons. The number of benzene rings is 1. The zero-order chi connectivity index (χ0) is 17.3. The first-order chi connectivity index (χ1) is 11.3. The zero-order valence-electron chi connectivity index (χ0n) is 14.1. The number of hydrogen-bond donors (Lipinski definition) is 1. The van der Waals surface area contributed by atoms with E-state index in [-0.39, 0.29) is 28.4 Å². The molecule has 2 saturated carbocycles. The third kappa shape index (κ3) is 1.82. The number of aliphatic hydroxyl groups excluding tert-OH is 1. The molecule has 24 heavy (non-hydrogen) atoms. The van der Waals surface area contributed by atoms with E-state index < -0.39 is 23.9 Å². The molecule has 1 aromatic carbocycles. The van der Waals surface area contributed by atoms with Gasteiger partial charge in [0.15, 0.2) is 6.04 Å². The molecule has 2 bridgehead atoms. The van der Waals surface area contributed by atoms with E-state index in [1.54, 1.807) is 12.1 Å². The van der Waals surface area contributed by atoms with Crippen LogP contribution in [-0.4, -0.2) is 28.9 Å². The molecule has 0 spiro atoms. The summed E-state index contributed by atoms with van der Waals surface area (Å²) in [6, 6.07) is 4.83. The summed E-state index contributed by atoms with van der Waals surface area (Å²) in [5.74, 6) is -0.845. The number of carbonyl (C=O) groups is 1. The Hall–Kier alpha value is -1.75. The van der Waals surface area contributed by atoms with Crippen molar-refractivity contribution < 1.29 is 19.0 Å². The molecule has 4 rings (SSSR count). The average Bonchev–Trinajstić information content (AvgIpc) is 2.85. The summed E-state index contributed by atoms with van der Waals surface area (Å²) in [5, 5.41) is 10.6. The van der Waals surface area contributed by atoms with Crippen LogP contribution in [0.3, 0.4) is 0 Å². The third-order valence-corrected chi connectivity index (χ3v) is 6.79. The van der Waals surface area contributed by atoms with E-state index in [1.165, 1.54) is 12.1 Å². The Morgan fingerprint density at radius 1 is 1.33 bits per heavy atom. The fourth-order valence-corrected chi connectivity index (χ4v) is 4.86. The van der Waals surface area contributed by atoms with Crippen molar-refractivity contribution in [3.63, 3.8) is 0 Å². The van der Waals surface area contributed by atoms with Crippen molar-refractivity contribution in [1.29, 1.82) is 0 Å². The van der Waals surface area contributed by atoms with E-state index in [0.29, 0.717) is 0 Å². The van der Waals surface area contributed by atoms with Crippen LogP contribution in [0.4, 0.5) is 4.39 Å². The Morgan fingerprint density at radius 2 is 2.04 bits per heavy atom. The van der Waals surface area contributed by atoms with Crippen LogP contribution < -0.4 is 0 Å². The maximum atomic E-state index is 14.0. The summed E-state index contributed by atoms with van der Waals surface area (Å²) in [6.45, 7) is 6.56. The number of ether oxygens (including phenoxy) is 1. The normalized spacial score (nSPS) is 37.6. The molecular weight excluding hydrogens is 309 g/mol. The van der Waals surface area contributed by atoms with Crippen LogP contribution in [0.15, 0.2) is 29.3 Å². The van der Waals surface area contributed by atoms with Crippen molar-refractivity contribution in [3.8, 4) is 0 Å². The summed E-state index contributed by atoms with van der Waals surface area (Å²) in [7, 11) is 0. The highest BCUT2D eigenvalue weighted by Crippen LogP contribution is 2.65. The summed E-state index contributed by atoms with van der Waals surface area (Å²) in [4.78, 5) is 17.1. The molecule has 5 atom stereocenters. The second kappa shape index (κ2) is 4.88. The molecule has 3 aliphatic rings. The van der Waals surface area contributed by atoms with Crippen LogP contribution in [0.2, 0.25) is 0 Å². The van der Waals surface area contributed by atoms with Crippen LogP contribution in [0.25, 0.3) is 0 Å². The van der Waals surface area contributed by atoms with Crippen molar-refractivity contribution in [2.75, 3.05) is 0 Å². The lowest BCUT2D eigenvalue weighted by molar-refractivity contribution is -0.154. The van der Waals surface area contributed by atoms with Gasteiger partial charge >= 0.3 is 5.97 Å². The molecular formula is C19H22FNO3. The number of esters is 1. The topological polar surface area (TPSA) is 58.9 Å². The lowest BCUT2D eigenvalue weighted by Gasteiger charge is -2.36. The van der Waals surface area contributed by atoms with Gasteiger partial charge < -0.3 is 9.84 Å². The Balaban J connectivity index is 1.75. The van der Waals surface area contributed by atoms with Crippen molar-refractivity contribution in [3.05, 3.63) is 35.6 Å². The maximum absolute atomic E-state index is 14.0. The quantitative estimate of drug-likeness (QED) is 0.848. The molecule has 1 aromatic rings. The standard InChI is InChI=1S/C19H22FNO3/c1-18(2)11-8-9-19(18,3)16-15(11)24-17(23)13(21-16)14(22)10-6-4-5-7-12(10)20/h4-7,11,13-15,22H,8-9H2,1-3H3/t11-,13+,14-,15?,19+/m1/s1. The highest BCUT2D eigenvalue weighted by molar-refractivity contribution is 6.03. The minimum absolute atomic E-state index is 0.00534. The fourth-order valence-electron chi connectivity index (χ4n) is 4.86. The van der Waals surface area contributed by atoms with Crippen LogP contribution in [0.1, 0.15) is 45.3 Å². The van der Waals surface area contributed by atoms with Crippen molar-refractivity contribution >= 4 is 11.7 Å². The molecule has 2 fully saturated rings. The molecule has 0 radical (unpaired) electrons. The predicted molar refractivity (Wildman–Crippen MR) is 87.1 cm³/mol. The monoisotopic (exact) mass is 331 g/mol. The van der Waals surface area contributed by atoms with Crippen molar-refractivity contribution in [2.24, 2.45) is 21.7 Å². The van der Waals surface area contributed by atoms with Crippen LogP contribution in [0.5, 0.6) is 0 Å². The van der Waals surface area contributed by atoms with Gasteiger partial charge in [0.25, 0.3) is 0 Å². The number of nitrogens with zero attached hydrogens (tertiary/aromatic N) is 1. The number of carbonyl (C=O) groups excluding carboxylic acids is 1. The van der Waals surface area contributed by atoms with E-state index in [1.807, 2.05) is 0 Å². The molecule has 4 nitrogen and oxygen atoms in total. The van der Waals surface area contributed by atoms with Crippen LogP contribution in [0, 0.1) is 22.6 Å². The summed E-state index contributed by atoms with van der Waals surface area (Å²) in [5.41, 5.74) is 0.795. The van der Waals surface area contributed by atoms with E-state index in [2.05, 4.69) is 25.8 Å². The first-order valence-corrected chi connectivity index (χ1v) is 8.48. The molecule has 0 amide bonds. The Morgan fingerprint density at radius 3 is 2.75 bits per heavy atom. The van der Waals surface area contributed by atoms with E-state index in [0.717, 1.165) is 18.6 Å². The average molecular weight is 331 g/mol. The number of aliphatic hydroxyl groups is 1. The minimum atomic E-state index is -1.34. The zero-order valence-corrected chi connectivity index (χ0v) is 14.1. The number of hydrogen-bond acceptors (Lipinski definition) is 4. The van der Waals surface area contributed by atoms with E-state index in [4.69, 9.17) is 4.74 Å². The van der Waals surface area contributed by atoms with Gasteiger partial charge in [-0.15, -0.1) is 0 Å². The van der Waals surface area contributed by atoms with Gasteiger partial charge in [-0.05, 0) is 24.3 Å². The largest absolute Gasteiger partial charge is 0.454 e. The highest BCUT2D eigenvalue weighted by Gasteiger charge is 2.67. The Bertz CT molecular complexity index is 744. The smallest absolute Gasteiger partial charge is 0.334 e. The molecule has 1 heterocycles. The molecule has 1 aliphatic heterocycles. The molecule has 1 unspecified atom stereocenters. The van der Waals surface area contributed by atoms with Gasteiger partial charge in [-0.25, -0.2) is 9.18 Å². The van der Waals surface area contributed by atoms with Crippen molar-refractivity contribution in [1.82, 2.24) is 0 Å². The third-order valence-electron chi connectivity index (χ3n) is 6.79. The van der Waals surface area contributed by atoms with Gasteiger partial charge in [0, 0.05) is 16.9 Å². The van der Waals surface area contributed by atoms with Gasteiger partial charge in [-0.2, -0.15) is 0 Å². The van der Waals surface area contributed by atoms with E-state index in [9.17, 15) is 14.3 Å². The number of halogens is 1. The van der Waals surface area contributed by atoms with Crippen LogP contribution >= 0.6 is 0 Å². The lowest BCUT2D eigenvalue weighted by atomic mass is 9.70. The molecule has 5 heteroatoms. The van der Waals surface area contributed by atoms with E-state index >= 15 is 0 Å². The Kier molecular flexibility index (Phi) is 3.21. The summed E-state index contributed by atoms with van der Waals surface area (Å²) >= 11 is 0. The van der Waals surface area contributed by atoms with Gasteiger partial charge in [-0.1, -0.05) is 39.0 Å². The van der Waals surface area contributed by atoms with Gasteiger partial charge in [0.1, 0.15) is 18.0 Å². The van der Waals surface area contributed by atoms with Crippen LogP contribution in [-0.2, 0) is 9.53 Å². The second-order valence-electron chi connectivity index (χ2n) is 7.98. The first-order valence-electron chi connectivity index (χ1n) is 8.48. The van der Waals surface area contributed by atoms with Gasteiger partial charge in [0.2, 0.25) is 0 Å². The highest BCUT2D eigenvalue weighted by atomic mass is 19.1. The number of rotatable bonds is 2. The second-order valence-corrected chi connectivity index (χ2v) is 7.98. The Labute approximate surface area is 140 Å². The van der Waals surface area contributed by atoms with Gasteiger partial charge in [-0.3, -0.25) is 4.99 Å². The SMILES string of the molecule is CC1(C)[C@@H]2CC[C@@]1(C)C1=N[C@@H]([C@H](O)c3ccccc3F)C(=O)OC12. The number of fused-ring (bicyclic) bond motifs is 5. The van der Waals surface area contributed by atoms with Gasteiger partial charge in [0.05, 0.1) is 5.71 Å². The lowest BCUT2D eigenvalue weighted by Crippen LogP contribution is -2.46. The predicted octanol–water partition coefficient (Wildman–Crippen LogP) is 3.05. The molecule has 1 N–H and O–H groups in total. The van der Waals surface area contributed by atoms with Crippen molar-refractivity contribution in [2.45, 2.75) is 51.9 Å². The number of aliphatic imine (C=N–C) groups is 1. The minimum Gasteiger partial charge on any atom is -0.454 e. The maximum Gasteiger partial charge on any atom is 0.334 e. The molecule has 0 saturated heterocycles. The molecule has 0 aromatic heterocycles. The molecule has 2 aliphatic carbocycles. The summed E-state index contributed by atoms with van der Waals surface area (Å²) in [6.07, 6.45) is 0.384. The summed E-state index contributed by atoms with van der Waals surface area (Å²) < 4.78 is 19.7. The fraction of sp³-hybridized carbons (Fsp3) is 0.579.